The molecule has 0 fully saturated rings. The summed E-state index contributed by atoms with van der Waals surface area (Å²) >= 11 is 1.46. The maximum absolute atomic E-state index is 12.9. The van der Waals surface area contributed by atoms with Crippen LogP contribution in [0.15, 0.2) is 28.2 Å². The number of thioether (sulfide) groups is 1. The molecular formula is C18H21N3O3S. The Morgan fingerprint density at radius 3 is 2.84 bits per heavy atom. The lowest BCUT2D eigenvalue weighted by Gasteiger charge is -2.15. The number of rotatable bonds is 7. The van der Waals surface area contributed by atoms with E-state index in [1.807, 2.05) is 13.8 Å². The SMILES string of the molecule is COC(=O)c1ccc2c(=O)n(CC(C)C)c(SCCCC#N)nc2c1. The molecule has 1 aromatic heterocycles. The Balaban J connectivity index is 2.51. The molecule has 0 aliphatic rings. The van der Waals surface area contributed by atoms with E-state index < -0.39 is 5.97 Å². The third-order valence-electron chi connectivity index (χ3n) is 3.55. The van der Waals surface area contributed by atoms with Crippen molar-refractivity contribution in [3.05, 3.63) is 34.1 Å². The van der Waals surface area contributed by atoms with Gasteiger partial charge in [0.05, 0.1) is 29.6 Å². The van der Waals surface area contributed by atoms with Gasteiger partial charge in [-0.3, -0.25) is 9.36 Å². The topological polar surface area (TPSA) is 85.0 Å². The monoisotopic (exact) mass is 359 g/mol. The molecule has 0 saturated carbocycles. The van der Waals surface area contributed by atoms with Crippen LogP contribution in [0.25, 0.3) is 10.9 Å². The van der Waals surface area contributed by atoms with E-state index in [1.54, 1.807) is 22.8 Å². The van der Waals surface area contributed by atoms with Crippen molar-refractivity contribution in [1.82, 2.24) is 9.55 Å². The highest BCUT2D eigenvalue weighted by atomic mass is 32.2. The summed E-state index contributed by atoms with van der Waals surface area (Å²) in [5.41, 5.74) is 0.734. The van der Waals surface area contributed by atoms with Crippen LogP contribution in [0, 0.1) is 17.2 Å². The molecule has 0 spiro atoms. The third-order valence-corrected chi connectivity index (χ3v) is 4.62. The number of esters is 1. The molecule has 2 aromatic rings. The molecular weight excluding hydrogens is 338 g/mol. The lowest BCUT2D eigenvalue weighted by molar-refractivity contribution is 0.0601. The first kappa shape index (κ1) is 19.0. The number of benzene rings is 1. The Hall–Kier alpha value is -2.33. The zero-order valence-corrected chi connectivity index (χ0v) is 15.4. The second-order valence-electron chi connectivity index (χ2n) is 6.04. The van der Waals surface area contributed by atoms with Gasteiger partial charge in [-0.2, -0.15) is 5.26 Å². The summed E-state index contributed by atoms with van der Waals surface area (Å²) < 4.78 is 6.41. The number of ether oxygens (including phenoxy) is 1. The van der Waals surface area contributed by atoms with Gasteiger partial charge in [-0.05, 0) is 30.5 Å². The predicted molar refractivity (Wildman–Crippen MR) is 97.8 cm³/mol. The summed E-state index contributed by atoms with van der Waals surface area (Å²) in [6.07, 6.45) is 1.21. The normalized spacial score (nSPS) is 10.8. The predicted octanol–water partition coefficient (Wildman–Crippen LogP) is 3.23. The van der Waals surface area contributed by atoms with Gasteiger partial charge in [0, 0.05) is 18.7 Å². The number of methoxy groups -OCH3 is 1. The average molecular weight is 359 g/mol. The highest BCUT2D eigenvalue weighted by molar-refractivity contribution is 7.99. The quantitative estimate of drug-likeness (QED) is 0.326. The van der Waals surface area contributed by atoms with E-state index >= 15 is 0 Å². The summed E-state index contributed by atoms with van der Waals surface area (Å²) in [5, 5.41) is 9.75. The molecule has 2 rings (SSSR count). The summed E-state index contributed by atoms with van der Waals surface area (Å²) in [4.78, 5) is 29.2. The Labute approximate surface area is 150 Å². The highest BCUT2D eigenvalue weighted by Crippen LogP contribution is 2.21. The smallest absolute Gasteiger partial charge is 0.337 e. The molecule has 0 aliphatic carbocycles. The maximum atomic E-state index is 12.9. The summed E-state index contributed by atoms with van der Waals surface area (Å²) in [6, 6.07) is 6.90. The minimum Gasteiger partial charge on any atom is -0.465 e. The number of carbonyl (C=O) groups is 1. The van der Waals surface area contributed by atoms with Crippen molar-refractivity contribution in [3.63, 3.8) is 0 Å². The molecule has 0 aliphatic heterocycles. The molecule has 0 saturated heterocycles. The van der Waals surface area contributed by atoms with E-state index in [4.69, 9.17) is 10.00 Å². The molecule has 1 aromatic carbocycles. The minimum absolute atomic E-state index is 0.113. The van der Waals surface area contributed by atoms with Gasteiger partial charge in [0.2, 0.25) is 0 Å². The van der Waals surface area contributed by atoms with E-state index in [1.165, 1.54) is 18.9 Å². The van der Waals surface area contributed by atoms with E-state index in [9.17, 15) is 9.59 Å². The zero-order chi connectivity index (χ0) is 18.4. The first-order valence-electron chi connectivity index (χ1n) is 8.10. The van der Waals surface area contributed by atoms with E-state index in [0.29, 0.717) is 46.3 Å². The number of carbonyl (C=O) groups excluding carboxylic acids is 1. The molecule has 6 nitrogen and oxygen atoms in total. The Morgan fingerprint density at radius 1 is 1.44 bits per heavy atom. The first-order valence-corrected chi connectivity index (χ1v) is 9.09. The zero-order valence-electron chi connectivity index (χ0n) is 14.6. The van der Waals surface area contributed by atoms with E-state index in [-0.39, 0.29) is 5.56 Å². The van der Waals surface area contributed by atoms with Crippen molar-refractivity contribution < 1.29 is 9.53 Å². The van der Waals surface area contributed by atoms with Crippen LogP contribution < -0.4 is 5.56 Å². The van der Waals surface area contributed by atoms with Gasteiger partial charge in [-0.1, -0.05) is 25.6 Å². The Bertz CT molecular complexity index is 868. The van der Waals surface area contributed by atoms with Gasteiger partial charge in [-0.25, -0.2) is 9.78 Å². The molecule has 25 heavy (non-hydrogen) atoms. The van der Waals surface area contributed by atoms with Gasteiger partial charge in [-0.15, -0.1) is 0 Å². The molecule has 0 radical (unpaired) electrons. The van der Waals surface area contributed by atoms with Crippen LogP contribution in [-0.4, -0.2) is 28.4 Å². The van der Waals surface area contributed by atoms with Crippen LogP contribution in [-0.2, 0) is 11.3 Å². The first-order chi connectivity index (χ1) is 12.0. The summed E-state index contributed by atoms with van der Waals surface area (Å²) in [6.45, 7) is 4.66. The molecule has 0 unspecified atom stereocenters. The van der Waals surface area contributed by atoms with Crippen molar-refractivity contribution in [2.24, 2.45) is 5.92 Å². The van der Waals surface area contributed by atoms with Crippen LogP contribution in [0.1, 0.15) is 37.0 Å². The Morgan fingerprint density at radius 2 is 2.20 bits per heavy atom. The molecule has 1 heterocycles. The molecule has 132 valence electrons. The number of unbranched alkanes of at least 4 members (excludes halogenated alkanes) is 1. The van der Waals surface area contributed by atoms with Crippen LogP contribution >= 0.6 is 11.8 Å². The minimum atomic E-state index is -0.460. The van der Waals surface area contributed by atoms with Crippen LogP contribution in [0.4, 0.5) is 0 Å². The van der Waals surface area contributed by atoms with E-state index in [0.717, 1.165) is 6.42 Å². The fourth-order valence-corrected chi connectivity index (χ4v) is 3.34. The lowest BCUT2D eigenvalue weighted by atomic mass is 10.1. The van der Waals surface area contributed by atoms with Crippen LogP contribution in [0.5, 0.6) is 0 Å². The van der Waals surface area contributed by atoms with Crippen molar-refractivity contribution in [1.29, 1.82) is 5.26 Å². The number of hydrogen-bond donors (Lipinski definition) is 0. The van der Waals surface area contributed by atoms with Crippen molar-refractivity contribution in [3.8, 4) is 6.07 Å². The molecule has 0 N–H and O–H groups in total. The number of nitriles is 1. The molecule has 0 bridgehead atoms. The van der Waals surface area contributed by atoms with E-state index in [2.05, 4.69) is 11.1 Å². The second-order valence-corrected chi connectivity index (χ2v) is 7.10. The standard InChI is InChI=1S/C18H21N3O3S/c1-12(2)11-21-16(22)14-7-6-13(17(23)24-3)10-15(14)20-18(21)25-9-5-4-8-19/h6-7,10,12H,4-5,9,11H2,1-3H3. The van der Waals surface area contributed by atoms with Crippen LogP contribution in [0.2, 0.25) is 0 Å². The Kier molecular flexibility index (Phi) is 6.59. The molecule has 0 atom stereocenters. The van der Waals surface area contributed by atoms with Gasteiger partial charge < -0.3 is 4.74 Å². The summed E-state index contributed by atoms with van der Waals surface area (Å²) in [7, 11) is 1.32. The third kappa shape index (κ3) is 4.60. The average Bonchev–Trinajstić information content (AvgIpc) is 2.60. The van der Waals surface area contributed by atoms with Gasteiger partial charge in [0.1, 0.15) is 0 Å². The molecule has 0 amide bonds. The summed E-state index contributed by atoms with van der Waals surface area (Å²) in [5.74, 6) is 0.545. The van der Waals surface area contributed by atoms with Crippen molar-refractivity contribution >= 4 is 28.6 Å². The number of hydrogen-bond acceptors (Lipinski definition) is 6. The number of aromatic nitrogens is 2. The van der Waals surface area contributed by atoms with Crippen LogP contribution in [0.3, 0.4) is 0 Å². The maximum Gasteiger partial charge on any atom is 0.337 e. The van der Waals surface area contributed by atoms with Gasteiger partial charge >= 0.3 is 5.97 Å². The highest BCUT2D eigenvalue weighted by Gasteiger charge is 2.15. The fraction of sp³-hybridized carbons (Fsp3) is 0.444. The largest absolute Gasteiger partial charge is 0.465 e. The van der Waals surface area contributed by atoms with Crippen molar-refractivity contribution in [2.75, 3.05) is 12.9 Å². The lowest BCUT2D eigenvalue weighted by Crippen LogP contribution is -2.25. The fourth-order valence-electron chi connectivity index (χ4n) is 2.40. The van der Waals surface area contributed by atoms with Gasteiger partial charge in [0.25, 0.3) is 5.56 Å². The molecule has 7 heteroatoms. The van der Waals surface area contributed by atoms with Gasteiger partial charge in [0.15, 0.2) is 5.16 Å². The number of fused-ring (bicyclic) bond motifs is 1. The number of nitrogens with zero attached hydrogens (tertiary/aromatic N) is 3. The second kappa shape index (κ2) is 8.67. The van der Waals surface area contributed by atoms with Crippen molar-refractivity contribution in [2.45, 2.75) is 38.4 Å².